The van der Waals surface area contributed by atoms with Gasteiger partial charge < -0.3 is 19.7 Å². The van der Waals surface area contributed by atoms with E-state index in [1.807, 2.05) is 7.05 Å². The van der Waals surface area contributed by atoms with Gasteiger partial charge in [0.2, 0.25) is 0 Å². The fourth-order valence-corrected chi connectivity index (χ4v) is 2.98. The Morgan fingerprint density at radius 2 is 1.72 bits per heavy atom. The first-order valence-electron chi connectivity index (χ1n) is 9.57. The summed E-state index contributed by atoms with van der Waals surface area (Å²) in [5, 5.41) is 2.85. The van der Waals surface area contributed by atoms with Gasteiger partial charge in [-0.25, -0.2) is 0 Å². The van der Waals surface area contributed by atoms with Crippen molar-refractivity contribution in [3.63, 3.8) is 0 Å². The molecular weight excluding hydrogens is 378 g/mol. The minimum atomic E-state index is -2.92. The van der Waals surface area contributed by atoms with Crippen molar-refractivity contribution >= 4 is 5.91 Å². The lowest BCUT2D eigenvalue weighted by molar-refractivity contribution is -0.885. The molecule has 0 fully saturated rings. The van der Waals surface area contributed by atoms with Crippen molar-refractivity contribution in [3.8, 4) is 11.5 Å². The van der Waals surface area contributed by atoms with Crippen LogP contribution in [0.4, 0.5) is 8.78 Å². The molecule has 0 spiro atoms. The van der Waals surface area contributed by atoms with Crippen molar-refractivity contribution in [2.45, 2.75) is 39.5 Å². The maximum Gasteiger partial charge on any atom is 0.387 e. The maximum absolute atomic E-state index is 12.4. The molecule has 5 nitrogen and oxygen atoms in total. The highest BCUT2D eigenvalue weighted by atomic mass is 19.3. The Labute approximate surface area is 170 Å². The molecule has 2 N–H and O–H groups in total. The first-order valence-corrected chi connectivity index (χ1v) is 9.57. The predicted octanol–water partition coefficient (Wildman–Crippen LogP) is 2.75. The van der Waals surface area contributed by atoms with Gasteiger partial charge >= 0.3 is 6.61 Å². The minimum absolute atomic E-state index is 0.0368. The zero-order valence-electron chi connectivity index (χ0n) is 17.3. The molecular formula is C22H29F2N2O3+. The molecule has 158 valence electrons. The first kappa shape index (κ1) is 22.6. The number of nitrogens with one attached hydrogen (secondary N) is 2. The monoisotopic (exact) mass is 407 g/mol. The standard InChI is InChI=1S/C22H28F2N2O3/c1-15(2)18-8-5-16(6-9-18)13-26(3)14-21(27)25-12-17-7-10-19(29-22(23)24)20(11-17)28-4/h5-11,15,22H,12-14H2,1-4H3,(H,25,27)/p+1. The molecule has 1 atom stereocenters. The van der Waals surface area contributed by atoms with E-state index in [-0.39, 0.29) is 24.0 Å². The topological polar surface area (TPSA) is 52.0 Å². The summed E-state index contributed by atoms with van der Waals surface area (Å²) in [4.78, 5) is 13.3. The Morgan fingerprint density at radius 1 is 1.07 bits per heavy atom. The van der Waals surface area contributed by atoms with Crippen molar-refractivity contribution < 1.29 is 27.9 Å². The van der Waals surface area contributed by atoms with Crippen LogP contribution in [0.3, 0.4) is 0 Å². The van der Waals surface area contributed by atoms with Crippen LogP contribution in [0.25, 0.3) is 0 Å². The summed E-state index contributed by atoms with van der Waals surface area (Å²) in [7, 11) is 3.34. The van der Waals surface area contributed by atoms with Gasteiger partial charge in [0.15, 0.2) is 18.0 Å². The third-order valence-corrected chi connectivity index (χ3v) is 4.55. The molecule has 1 unspecified atom stereocenters. The van der Waals surface area contributed by atoms with E-state index in [9.17, 15) is 13.6 Å². The van der Waals surface area contributed by atoms with Gasteiger partial charge in [0.1, 0.15) is 6.54 Å². The number of halogens is 2. The smallest absolute Gasteiger partial charge is 0.387 e. The second-order valence-corrected chi connectivity index (χ2v) is 7.35. The third-order valence-electron chi connectivity index (χ3n) is 4.55. The number of ether oxygens (including phenoxy) is 2. The van der Waals surface area contributed by atoms with E-state index >= 15 is 0 Å². The molecule has 2 aromatic rings. The molecule has 1 amide bonds. The maximum atomic E-state index is 12.4. The Bertz CT molecular complexity index is 795. The molecule has 0 aliphatic carbocycles. The Kier molecular flexibility index (Phi) is 8.39. The number of likely N-dealkylation sites (N-methyl/N-ethyl adjacent to an activating group) is 1. The van der Waals surface area contributed by atoms with Gasteiger partial charge in [0, 0.05) is 12.1 Å². The van der Waals surface area contributed by atoms with E-state index in [0.717, 1.165) is 17.0 Å². The number of carbonyl (C=O) groups excluding carboxylic acids is 1. The highest BCUT2D eigenvalue weighted by molar-refractivity contribution is 5.76. The zero-order valence-corrected chi connectivity index (χ0v) is 17.3. The van der Waals surface area contributed by atoms with Crippen LogP contribution < -0.4 is 19.7 Å². The van der Waals surface area contributed by atoms with Gasteiger partial charge in [0.25, 0.3) is 5.91 Å². The Balaban J connectivity index is 1.84. The molecule has 0 bridgehead atoms. The summed E-state index contributed by atoms with van der Waals surface area (Å²) < 4.78 is 34.2. The summed E-state index contributed by atoms with van der Waals surface area (Å²) in [5.74, 6) is 0.567. The molecule has 0 aliphatic rings. The van der Waals surface area contributed by atoms with Crippen molar-refractivity contribution in [1.82, 2.24) is 5.32 Å². The molecule has 0 radical (unpaired) electrons. The van der Waals surface area contributed by atoms with Crippen molar-refractivity contribution in [2.24, 2.45) is 0 Å². The first-order chi connectivity index (χ1) is 13.8. The quantitative estimate of drug-likeness (QED) is 0.637. The number of hydrogen-bond donors (Lipinski definition) is 2. The molecule has 0 heterocycles. The number of amides is 1. The summed E-state index contributed by atoms with van der Waals surface area (Å²) in [6.45, 7) is 2.75. The van der Waals surface area contributed by atoms with Crippen molar-refractivity contribution in [2.75, 3.05) is 20.7 Å². The predicted molar refractivity (Wildman–Crippen MR) is 107 cm³/mol. The van der Waals surface area contributed by atoms with Crippen molar-refractivity contribution in [1.29, 1.82) is 0 Å². The number of rotatable bonds is 10. The fourth-order valence-electron chi connectivity index (χ4n) is 2.98. The van der Waals surface area contributed by atoms with E-state index in [2.05, 4.69) is 48.2 Å². The lowest BCUT2D eigenvalue weighted by Crippen LogP contribution is -3.08. The lowest BCUT2D eigenvalue weighted by Gasteiger charge is -2.15. The summed E-state index contributed by atoms with van der Waals surface area (Å²) in [6.07, 6.45) is 0. The molecule has 29 heavy (non-hydrogen) atoms. The molecule has 7 heteroatoms. The van der Waals surface area contributed by atoms with Crippen LogP contribution in [0.5, 0.6) is 11.5 Å². The average Bonchev–Trinajstić information content (AvgIpc) is 2.67. The van der Waals surface area contributed by atoms with Crippen molar-refractivity contribution in [3.05, 3.63) is 59.2 Å². The van der Waals surface area contributed by atoms with E-state index in [4.69, 9.17) is 4.74 Å². The average molecular weight is 407 g/mol. The van der Waals surface area contributed by atoms with E-state index in [1.54, 1.807) is 12.1 Å². The van der Waals surface area contributed by atoms with Crippen LogP contribution in [0.1, 0.15) is 36.5 Å². The summed E-state index contributed by atoms with van der Waals surface area (Å²) >= 11 is 0. The van der Waals surface area contributed by atoms with Crippen LogP contribution in [0.15, 0.2) is 42.5 Å². The van der Waals surface area contributed by atoms with Gasteiger partial charge in [-0.3, -0.25) is 4.79 Å². The van der Waals surface area contributed by atoms with Crippen LogP contribution in [-0.2, 0) is 17.9 Å². The third kappa shape index (κ3) is 7.34. The second-order valence-electron chi connectivity index (χ2n) is 7.35. The second kappa shape index (κ2) is 10.8. The van der Waals surface area contributed by atoms with Gasteiger partial charge in [0.05, 0.1) is 14.2 Å². The largest absolute Gasteiger partial charge is 0.493 e. The van der Waals surface area contributed by atoms with Gasteiger partial charge in [-0.05, 0) is 29.2 Å². The molecule has 0 aromatic heterocycles. The molecule has 0 saturated carbocycles. The zero-order chi connectivity index (χ0) is 21.4. The van der Waals surface area contributed by atoms with Crippen LogP contribution in [0, 0.1) is 0 Å². The highest BCUT2D eigenvalue weighted by Gasteiger charge is 2.13. The number of hydrogen-bond acceptors (Lipinski definition) is 3. The summed E-state index contributed by atoms with van der Waals surface area (Å²) in [6, 6.07) is 13.1. The number of carbonyl (C=O) groups is 1. The van der Waals surface area contributed by atoms with Gasteiger partial charge in [-0.2, -0.15) is 8.78 Å². The summed E-state index contributed by atoms with van der Waals surface area (Å²) in [5.41, 5.74) is 3.21. The minimum Gasteiger partial charge on any atom is -0.493 e. The molecule has 2 rings (SSSR count). The Hall–Kier alpha value is -2.67. The molecule has 0 saturated heterocycles. The van der Waals surface area contributed by atoms with Crippen LogP contribution in [-0.4, -0.2) is 33.2 Å². The van der Waals surface area contributed by atoms with Crippen LogP contribution in [0.2, 0.25) is 0 Å². The normalized spacial score (nSPS) is 12.1. The van der Waals surface area contributed by atoms with Gasteiger partial charge in [-0.1, -0.05) is 44.2 Å². The SMILES string of the molecule is COc1cc(CNC(=O)C[NH+](C)Cc2ccc(C(C)C)cc2)ccc1OC(F)F. The Morgan fingerprint density at radius 3 is 2.31 bits per heavy atom. The highest BCUT2D eigenvalue weighted by Crippen LogP contribution is 2.29. The fraction of sp³-hybridized carbons (Fsp3) is 0.409. The molecule has 0 aliphatic heterocycles. The van der Waals surface area contributed by atoms with Gasteiger partial charge in [-0.15, -0.1) is 0 Å². The van der Waals surface area contributed by atoms with E-state index < -0.39 is 6.61 Å². The van der Waals surface area contributed by atoms with E-state index in [0.29, 0.717) is 12.5 Å². The molecule has 2 aromatic carbocycles. The number of benzene rings is 2. The van der Waals surface area contributed by atoms with E-state index in [1.165, 1.54) is 24.3 Å². The lowest BCUT2D eigenvalue weighted by atomic mass is 10.0. The number of alkyl halides is 2. The van der Waals surface area contributed by atoms with Crippen LogP contribution >= 0.6 is 0 Å². The number of methoxy groups -OCH3 is 1. The number of quaternary nitrogens is 1.